The number of nitrogens with zero attached hydrogens (tertiary/aromatic N) is 2. The lowest BCUT2D eigenvalue weighted by atomic mass is 10.2. The van der Waals surface area contributed by atoms with Crippen molar-refractivity contribution in [3.05, 3.63) is 34.4 Å². The van der Waals surface area contributed by atoms with Gasteiger partial charge >= 0.3 is 6.09 Å². The summed E-state index contributed by atoms with van der Waals surface area (Å²) in [6, 6.07) is 5.43. The molecule has 2 rings (SSSR count). The highest BCUT2D eigenvalue weighted by molar-refractivity contribution is 5.71. The summed E-state index contributed by atoms with van der Waals surface area (Å²) in [7, 11) is 0. The zero-order chi connectivity index (χ0) is 11.5. The Bertz CT molecular complexity index is 411. The van der Waals surface area contributed by atoms with Crippen LogP contribution in [-0.4, -0.2) is 29.0 Å². The largest absolute Gasteiger partial charge is 0.415 e. The van der Waals surface area contributed by atoms with Gasteiger partial charge in [0.2, 0.25) is 0 Å². The molecule has 1 aromatic carbocycles. The highest BCUT2D eigenvalue weighted by Crippen LogP contribution is 2.18. The van der Waals surface area contributed by atoms with E-state index in [1.54, 1.807) is 4.90 Å². The van der Waals surface area contributed by atoms with Gasteiger partial charge in [0.15, 0.2) is 0 Å². The predicted molar refractivity (Wildman–Crippen MR) is 55.3 cm³/mol. The number of carbonyl (C=O) groups excluding carboxylic acids is 1. The minimum Gasteiger partial charge on any atom is -0.410 e. The first-order valence-corrected chi connectivity index (χ1v) is 4.88. The van der Waals surface area contributed by atoms with Crippen LogP contribution in [0.2, 0.25) is 0 Å². The second kappa shape index (κ2) is 4.18. The number of hydrogen-bond donors (Lipinski definition) is 0. The van der Waals surface area contributed by atoms with Gasteiger partial charge in [-0.15, -0.1) is 0 Å². The number of amides is 1. The highest BCUT2D eigenvalue weighted by atomic mass is 16.6. The molecular formula is C10H10N2O4. The van der Waals surface area contributed by atoms with E-state index in [-0.39, 0.29) is 5.69 Å². The summed E-state index contributed by atoms with van der Waals surface area (Å²) in [6.45, 7) is 1.43. The molecular weight excluding hydrogens is 212 g/mol. The molecule has 1 aromatic rings. The Morgan fingerprint density at radius 2 is 1.94 bits per heavy atom. The van der Waals surface area contributed by atoms with Gasteiger partial charge in [0, 0.05) is 25.2 Å². The molecule has 0 atom stereocenters. The van der Waals surface area contributed by atoms with Crippen molar-refractivity contribution in [2.45, 2.75) is 6.42 Å². The molecule has 1 amide bonds. The van der Waals surface area contributed by atoms with Gasteiger partial charge < -0.3 is 9.64 Å². The molecule has 1 aliphatic heterocycles. The van der Waals surface area contributed by atoms with E-state index in [0.717, 1.165) is 6.42 Å². The molecule has 0 unspecified atom stereocenters. The third kappa shape index (κ3) is 2.10. The van der Waals surface area contributed by atoms with Crippen LogP contribution < -0.4 is 4.74 Å². The van der Waals surface area contributed by atoms with E-state index in [1.807, 2.05) is 0 Å². The van der Waals surface area contributed by atoms with Crippen molar-refractivity contribution in [2.75, 3.05) is 13.1 Å². The lowest BCUT2D eigenvalue weighted by molar-refractivity contribution is -0.384. The first-order chi connectivity index (χ1) is 7.66. The fourth-order valence-corrected chi connectivity index (χ4v) is 1.30. The molecule has 0 aliphatic carbocycles. The average molecular weight is 222 g/mol. The van der Waals surface area contributed by atoms with Gasteiger partial charge in [-0.3, -0.25) is 10.1 Å². The Balaban J connectivity index is 1.99. The van der Waals surface area contributed by atoms with Crippen LogP contribution in [0, 0.1) is 10.1 Å². The van der Waals surface area contributed by atoms with Gasteiger partial charge in [-0.05, 0) is 18.6 Å². The molecule has 0 saturated carbocycles. The van der Waals surface area contributed by atoms with E-state index in [2.05, 4.69) is 0 Å². The van der Waals surface area contributed by atoms with E-state index >= 15 is 0 Å². The maximum atomic E-state index is 11.4. The molecule has 0 spiro atoms. The quantitative estimate of drug-likeness (QED) is 0.565. The number of hydrogen-bond acceptors (Lipinski definition) is 4. The van der Waals surface area contributed by atoms with Crippen LogP contribution in [0.3, 0.4) is 0 Å². The molecule has 6 nitrogen and oxygen atoms in total. The summed E-state index contributed by atoms with van der Waals surface area (Å²) in [5, 5.41) is 10.4. The molecule has 0 radical (unpaired) electrons. The molecule has 0 N–H and O–H groups in total. The zero-order valence-electron chi connectivity index (χ0n) is 8.46. The van der Waals surface area contributed by atoms with Crippen molar-refractivity contribution < 1.29 is 14.5 Å². The fourth-order valence-electron chi connectivity index (χ4n) is 1.30. The maximum absolute atomic E-state index is 11.4. The summed E-state index contributed by atoms with van der Waals surface area (Å²) in [5.41, 5.74) is -0.0243. The number of non-ortho nitro benzene ring substituents is 1. The van der Waals surface area contributed by atoms with Crippen LogP contribution in [0.5, 0.6) is 5.75 Å². The standard InChI is InChI=1S/C10H10N2O4/c13-10(11-6-1-7-11)16-9-4-2-8(3-5-9)12(14)15/h2-5H,1,6-7H2. The van der Waals surface area contributed by atoms with Crippen molar-refractivity contribution in [1.82, 2.24) is 4.90 Å². The molecule has 84 valence electrons. The normalized spacial score (nSPS) is 14.1. The van der Waals surface area contributed by atoms with Crippen LogP contribution >= 0.6 is 0 Å². The molecule has 1 fully saturated rings. The van der Waals surface area contributed by atoms with Crippen LogP contribution in [0.25, 0.3) is 0 Å². The summed E-state index contributed by atoms with van der Waals surface area (Å²) in [5.74, 6) is 0.322. The van der Waals surface area contributed by atoms with Crippen molar-refractivity contribution in [3.63, 3.8) is 0 Å². The Morgan fingerprint density at radius 1 is 1.31 bits per heavy atom. The second-order valence-corrected chi connectivity index (χ2v) is 3.46. The number of rotatable bonds is 2. The van der Waals surface area contributed by atoms with Crippen LogP contribution in [0.15, 0.2) is 24.3 Å². The molecule has 1 aliphatic rings. The van der Waals surface area contributed by atoms with E-state index in [1.165, 1.54) is 24.3 Å². The highest BCUT2D eigenvalue weighted by Gasteiger charge is 2.22. The van der Waals surface area contributed by atoms with Gasteiger partial charge in [0.05, 0.1) is 4.92 Å². The maximum Gasteiger partial charge on any atom is 0.415 e. The van der Waals surface area contributed by atoms with E-state index < -0.39 is 11.0 Å². The van der Waals surface area contributed by atoms with E-state index in [0.29, 0.717) is 18.8 Å². The minimum atomic E-state index is -0.499. The van der Waals surface area contributed by atoms with E-state index in [4.69, 9.17) is 4.74 Å². The summed E-state index contributed by atoms with van der Waals surface area (Å²) >= 11 is 0. The van der Waals surface area contributed by atoms with Crippen molar-refractivity contribution in [2.24, 2.45) is 0 Å². The van der Waals surface area contributed by atoms with Crippen molar-refractivity contribution >= 4 is 11.8 Å². The summed E-state index contributed by atoms with van der Waals surface area (Å²) in [4.78, 5) is 22.8. The van der Waals surface area contributed by atoms with Crippen LogP contribution in [-0.2, 0) is 0 Å². The third-order valence-corrected chi connectivity index (χ3v) is 2.37. The van der Waals surface area contributed by atoms with Crippen molar-refractivity contribution in [3.8, 4) is 5.75 Å². The van der Waals surface area contributed by atoms with Gasteiger partial charge in [-0.1, -0.05) is 0 Å². The SMILES string of the molecule is O=C(Oc1ccc([N+](=O)[O-])cc1)N1CCC1. The minimum absolute atomic E-state index is 0.0243. The average Bonchev–Trinajstić information content (AvgIpc) is 2.15. The lowest BCUT2D eigenvalue weighted by Crippen LogP contribution is -2.43. The first kappa shape index (κ1) is 10.4. The number of carbonyl (C=O) groups is 1. The van der Waals surface area contributed by atoms with E-state index in [9.17, 15) is 14.9 Å². The van der Waals surface area contributed by atoms with Gasteiger partial charge in [-0.25, -0.2) is 4.79 Å². The lowest BCUT2D eigenvalue weighted by Gasteiger charge is -2.29. The predicted octanol–water partition coefficient (Wildman–Crippen LogP) is 1.80. The third-order valence-electron chi connectivity index (χ3n) is 2.37. The Labute approximate surface area is 91.6 Å². The number of nitro groups is 1. The first-order valence-electron chi connectivity index (χ1n) is 4.88. The number of nitro benzene ring substituents is 1. The van der Waals surface area contributed by atoms with Gasteiger partial charge in [-0.2, -0.15) is 0 Å². The second-order valence-electron chi connectivity index (χ2n) is 3.46. The van der Waals surface area contributed by atoms with Crippen LogP contribution in [0.4, 0.5) is 10.5 Å². The number of benzene rings is 1. The van der Waals surface area contributed by atoms with Gasteiger partial charge in [0.25, 0.3) is 5.69 Å². The van der Waals surface area contributed by atoms with Gasteiger partial charge in [0.1, 0.15) is 5.75 Å². The van der Waals surface area contributed by atoms with Crippen LogP contribution in [0.1, 0.15) is 6.42 Å². The Morgan fingerprint density at radius 3 is 2.38 bits per heavy atom. The fraction of sp³-hybridized carbons (Fsp3) is 0.300. The zero-order valence-corrected chi connectivity index (χ0v) is 8.46. The smallest absolute Gasteiger partial charge is 0.410 e. The molecule has 6 heteroatoms. The molecule has 0 bridgehead atoms. The molecule has 1 saturated heterocycles. The number of likely N-dealkylation sites (tertiary alicyclic amines) is 1. The molecule has 0 aromatic heterocycles. The molecule has 1 heterocycles. The van der Waals surface area contributed by atoms with Crippen molar-refractivity contribution in [1.29, 1.82) is 0 Å². The summed E-state index contributed by atoms with van der Waals surface area (Å²) < 4.78 is 5.02. The number of ether oxygens (including phenoxy) is 1. The Kier molecular flexibility index (Phi) is 2.72. The monoisotopic (exact) mass is 222 g/mol. The molecule has 16 heavy (non-hydrogen) atoms. The summed E-state index contributed by atoms with van der Waals surface area (Å²) in [6.07, 6.45) is 0.593. The Hall–Kier alpha value is -2.11. The topological polar surface area (TPSA) is 72.7 Å².